The number of aromatic nitrogens is 3. The summed E-state index contributed by atoms with van der Waals surface area (Å²) < 4.78 is 1.83. The Hall–Kier alpha value is -2.84. The van der Waals surface area contributed by atoms with E-state index in [0.717, 1.165) is 49.7 Å². The molecule has 0 radical (unpaired) electrons. The topological polar surface area (TPSA) is 88.6 Å². The summed E-state index contributed by atoms with van der Waals surface area (Å²) in [5.41, 5.74) is 3.25. The Morgan fingerprint density at radius 1 is 1.19 bits per heavy atom. The number of nitrogens with zero attached hydrogens (tertiary/aromatic N) is 5. The Kier molecular flexibility index (Phi) is 4.59. The summed E-state index contributed by atoms with van der Waals surface area (Å²) in [6.07, 6.45) is 4.37. The van der Waals surface area contributed by atoms with Crippen molar-refractivity contribution in [2.24, 2.45) is 0 Å². The summed E-state index contributed by atoms with van der Waals surface area (Å²) in [6.45, 7) is 4.55. The normalized spacial score (nSPS) is 15.8. The van der Waals surface area contributed by atoms with Crippen molar-refractivity contribution in [2.75, 3.05) is 26.2 Å². The molecule has 1 fully saturated rings. The van der Waals surface area contributed by atoms with Crippen LogP contribution in [0.15, 0.2) is 42.7 Å². The van der Waals surface area contributed by atoms with Gasteiger partial charge in [0.25, 0.3) is 5.69 Å². The molecule has 4 rings (SSSR count). The fraction of sp³-hybridized carbons (Fsp3) is 0.333. The first-order valence-electron chi connectivity index (χ1n) is 8.72. The molecule has 0 atom stereocenters. The smallest absolute Gasteiger partial charge is 0.286 e. The van der Waals surface area contributed by atoms with Gasteiger partial charge in [-0.1, -0.05) is 6.07 Å². The fourth-order valence-corrected chi connectivity index (χ4v) is 3.32. The van der Waals surface area contributed by atoms with Gasteiger partial charge in [0.05, 0.1) is 22.5 Å². The van der Waals surface area contributed by atoms with E-state index < -0.39 is 0 Å². The van der Waals surface area contributed by atoms with E-state index in [4.69, 9.17) is 4.98 Å². The summed E-state index contributed by atoms with van der Waals surface area (Å²) >= 11 is 0. The van der Waals surface area contributed by atoms with Gasteiger partial charge < -0.3 is 5.32 Å². The van der Waals surface area contributed by atoms with Crippen molar-refractivity contribution in [3.05, 3.63) is 58.5 Å². The molecule has 3 aromatic rings. The Balaban J connectivity index is 1.82. The van der Waals surface area contributed by atoms with Crippen LogP contribution in [0.4, 0.5) is 5.69 Å². The van der Waals surface area contributed by atoms with Crippen LogP contribution in [0.25, 0.3) is 17.0 Å². The van der Waals surface area contributed by atoms with E-state index in [1.165, 1.54) is 6.07 Å². The highest BCUT2D eigenvalue weighted by Crippen LogP contribution is 2.26. The van der Waals surface area contributed by atoms with Crippen molar-refractivity contribution in [3.63, 3.8) is 0 Å². The second kappa shape index (κ2) is 7.19. The Labute approximate surface area is 150 Å². The first-order valence-corrected chi connectivity index (χ1v) is 8.72. The molecule has 1 aliphatic heterocycles. The zero-order valence-corrected chi connectivity index (χ0v) is 14.3. The molecule has 0 amide bonds. The van der Waals surface area contributed by atoms with E-state index in [1.807, 2.05) is 22.6 Å². The second-order valence-corrected chi connectivity index (χ2v) is 6.37. The summed E-state index contributed by atoms with van der Waals surface area (Å²) in [5.74, 6) is 0. The summed E-state index contributed by atoms with van der Waals surface area (Å²) in [6, 6.07) is 8.89. The number of nitro groups is 1. The minimum Gasteiger partial charge on any atom is -0.315 e. The van der Waals surface area contributed by atoms with Gasteiger partial charge in [-0.3, -0.25) is 24.4 Å². The monoisotopic (exact) mass is 352 g/mol. The first kappa shape index (κ1) is 16.6. The minimum atomic E-state index is -0.375. The standard InChI is InChI=1S/C18H20N6O2/c25-24(26)14-5-6-17-21-18(15-4-1-2-8-20-15)16(23(17)12-14)13-22-10-3-7-19-9-11-22/h1-2,4-6,8,12,19H,3,7,9-11,13H2. The van der Waals surface area contributed by atoms with Crippen molar-refractivity contribution < 1.29 is 4.92 Å². The molecular formula is C18H20N6O2. The minimum absolute atomic E-state index is 0.0567. The fourth-order valence-electron chi connectivity index (χ4n) is 3.32. The van der Waals surface area contributed by atoms with Crippen LogP contribution in [0.1, 0.15) is 12.1 Å². The molecule has 0 bridgehead atoms. The Morgan fingerprint density at radius 3 is 2.92 bits per heavy atom. The zero-order valence-electron chi connectivity index (χ0n) is 14.3. The van der Waals surface area contributed by atoms with E-state index >= 15 is 0 Å². The van der Waals surface area contributed by atoms with Crippen molar-refractivity contribution in [1.29, 1.82) is 0 Å². The van der Waals surface area contributed by atoms with Crippen molar-refractivity contribution in [3.8, 4) is 11.4 Å². The van der Waals surface area contributed by atoms with Gasteiger partial charge in [0, 0.05) is 31.9 Å². The van der Waals surface area contributed by atoms with Crippen molar-refractivity contribution in [2.45, 2.75) is 13.0 Å². The number of rotatable bonds is 4. The van der Waals surface area contributed by atoms with Crippen molar-refractivity contribution >= 4 is 11.3 Å². The molecule has 134 valence electrons. The average molecular weight is 352 g/mol. The van der Waals surface area contributed by atoms with Crippen LogP contribution >= 0.6 is 0 Å². The lowest BCUT2D eigenvalue weighted by molar-refractivity contribution is -0.385. The number of hydrogen-bond donors (Lipinski definition) is 1. The van der Waals surface area contributed by atoms with Gasteiger partial charge in [0.15, 0.2) is 0 Å². The highest BCUT2D eigenvalue weighted by molar-refractivity contribution is 5.64. The van der Waals surface area contributed by atoms with Crippen LogP contribution in [0, 0.1) is 10.1 Å². The maximum atomic E-state index is 11.2. The third-order valence-electron chi connectivity index (χ3n) is 4.63. The molecule has 0 spiro atoms. The molecule has 1 N–H and O–H groups in total. The highest BCUT2D eigenvalue weighted by Gasteiger charge is 2.20. The van der Waals surface area contributed by atoms with Crippen LogP contribution < -0.4 is 5.32 Å². The number of imidazole rings is 1. The van der Waals surface area contributed by atoms with E-state index in [-0.39, 0.29) is 10.6 Å². The maximum absolute atomic E-state index is 11.2. The molecule has 0 unspecified atom stereocenters. The Morgan fingerprint density at radius 2 is 2.12 bits per heavy atom. The lowest BCUT2D eigenvalue weighted by Crippen LogP contribution is -2.28. The molecular weight excluding hydrogens is 332 g/mol. The number of nitrogens with one attached hydrogen (secondary N) is 1. The molecule has 0 saturated carbocycles. The molecule has 4 heterocycles. The third-order valence-corrected chi connectivity index (χ3v) is 4.63. The maximum Gasteiger partial charge on any atom is 0.286 e. The summed E-state index contributed by atoms with van der Waals surface area (Å²) in [4.78, 5) is 22.3. The largest absolute Gasteiger partial charge is 0.315 e. The van der Waals surface area contributed by atoms with Crippen LogP contribution in [-0.4, -0.2) is 50.4 Å². The predicted octanol–water partition coefficient (Wildman–Crippen LogP) is 2.10. The van der Waals surface area contributed by atoms with E-state index in [0.29, 0.717) is 12.2 Å². The lowest BCUT2D eigenvalue weighted by atomic mass is 10.2. The van der Waals surface area contributed by atoms with E-state index in [2.05, 4.69) is 15.2 Å². The van der Waals surface area contributed by atoms with Crippen LogP contribution in [0.3, 0.4) is 0 Å². The number of fused-ring (bicyclic) bond motifs is 1. The number of hydrogen-bond acceptors (Lipinski definition) is 6. The molecule has 1 aliphatic rings. The van der Waals surface area contributed by atoms with Gasteiger partial charge in [-0.15, -0.1) is 0 Å². The summed E-state index contributed by atoms with van der Waals surface area (Å²) in [5, 5.41) is 14.6. The van der Waals surface area contributed by atoms with Crippen molar-refractivity contribution in [1.82, 2.24) is 24.6 Å². The molecule has 3 aromatic heterocycles. The SMILES string of the molecule is O=[N+]([O-])c1ccc2nc(-c3ccccn3)c(CN3CCCNCC3)n2c1. The van der Waals surface area contributed by atoms with E-state index in [9.17, 15) is 10.1 Å². The predicted molar refractivity (Wildman–Crippen MR) is 97.8 cm³/mol. The van der Waals surface area contributed by atoms with Gasteiger partial charge in [-0.25, -0.2) is 4.98 Å². The molecule has 0 aliphatic carbocycles. The number of pyridine rings is 2. The first-order chi connectivity index (χ1) is 12.7. The second-order valence-electron chi connectivity index (χ2n) is 6.37. The lowest BCUT2D eigenvalue weighted by Gasteiger charge is -2.19. The van der Waals surface area contributed by atoms with Gasteiger partial charge in [-0.05, 0) is 37.7 Å². The van der Waals surface area contributed by atoms with Gasteiger partial charge in [0.2, 0.25) is 0 Å². The van der Waals surface area contributed by atoms with Crippen LogP contribution in [0.2, 0.25) is 0 Å². The Bertz CT molecular complexity index is 916. The quantitative estimate of drug-likeness (QED) is 0.571. The zero-order chi connectivity index (χ0) is 17.9. The molecule has 8 nitrogen and oxygen atoms in total. The molecule has 1 saturated heterocycles. The van der Waals surface area contributed by atoms with Gasteiger partial charge >= 0.3 is 0 Å². The molecule has 0 aromatic carbocycles. The third kappa shape index (κ3) is 3.29. The average Bonchev–Trinajstić information content (AvgIpc) is 2.82. The highest BCUT2D eigenvalue weighted by atomic mass is 16.6. The van der Waals surface area contributed by atoms with Gasteiger partial charge in [0.1, 0.15) is 11.3 Å². The van der Waals surface area contributed by atoms with Gasteiger partial charge in [-0.2, -0.15) is 0 Å². The molecule has 26 heavy (non-hydrogen) atoms. The van der Waals surface area contributed by atoms with E-state index in [1.54, 1.807) is 18.5 Å². The molecule has 8 heteroatoms. The summed E-state index contributed by atoms with van der Waals surface area (Å²) in [7, 11) is 0. The van der Waals surface area contributed by atoms with Crippen LogP contribution in [0.5, 0.6) is 0 Å². The van der Waals surface area contributed by atoms with Crippen LogP contribution in [-0.2, 0) is 6.54 Å².